The van der Waals surface area contributed by atoms with Gasteiger partial charge in [0.2, 0.25) is 6.79 Å². The molecule has 0 amide bonds. The van der Waals surface area contributed by atoms with Gasteiger partial charge in [-0.05, 0) is 43.9 Å². The van der Waals surface area contributed by atoms with Gasteiger partial charge in [0.1, 0.15) is 0 Å². The summed E-state index contributed by atoms with van der Waals surface area (Å²) in [6, 6.07) is 7.07. The van der Waals surface area contributed by atoms with Gasteiger partial charge in [0.15, 0.2) is 11.5 Å². The third-order valence-electron chi connectivity index (χ3n) is 3.85. The van der Waals surface area contributed by atoms with Gasteiger partial charge in [-0.3, -0.25) is 0 Å². The van der Waals surface area contributed by atoms with E-state index in [0.717, 1.165) is 17.4 Å². The number of fused-ring (bicyclic) bond motifs is 1. The maximum Gasteiger partial charge on any atom is 0.231 e. The molecule has 1 aromatic carbocycles. The van der Waals surface area contributed by atoms with E-state index in [1.54, 1.807) is 0 Å². The number of hydrogen-bond donors (Lipinski definition) is 1. The summed E-state index contributed by atoms with van der Waals surface area (Å²) in [6.07, 6.45) is 3.83. The van der Waals surface area contributed by atoms with E-state index in [1.165, 1.54) is 24.8 Å². The number of benzene rings is 1. The minimum Gasteiger partial charge on any atom is -0.454 e. The van der Waals surface area contributed by atoms with Crippen molar-refractivity contribution in [1.29, 1.82) is 0 Å². The molecule has 0 spiro atoms. The fourth-order valence-corrected chi connectivity index (χ4v) is 2.62. The smallest absolute Gasteiger partial charge is 0.231 e. The SMILES string of the molecule is CC(C)CCCC(C)NC(C)c1ccc2c(c1)OCO2. The molecule has 1 aliphatic rings. The van der Waals surface area contributed by atoms with Gasteiger partial charge in [0.25, 0.3) is 0 Å². The van der Waals surface area contributed by atoms with Crippen molar-refractivity contribution < 1.29 is 9.47 Å². The summed E-state index contributed by atoms with van der Waals surface area (Å²) in [5, 5.41) is 3.66. The highest BCUT2D eigenvalue weighted by Crippen LogP contribution is 2.34. The lowest BCUT2D eigenvalue weighted by atomic mass is 10.0. The molecule has 3 heteroatoms. The van der Waals surface area contributed by atoms with E-state index in [1.807, 2.05) is 6.07 Å². The highest BCUT2D eigenvalue weighted by atomic mass is 16.7. The van der Waals surface area contributed by atoms with Gasteiger partial charge in [0.05, 0.1) is 0 Å². The molecule has 0 fully saturated rings. The molecule has 0 radical (unpaired) electrons. The Labute approximate surface area is 122 Å². The normalized spacial score (nSPS) is 16.4. The topological polar surface area (TPSA) is 30.5 Å². The largest absolute Gasteiger partial charge is 0.454 e. The average molecular weight is 277 g/mol. The molecule has 2 atom stereocenters. The summed E-state index contributed by atoms with van der Waals surface area (Å²) in [5.74, 6) is 2.52. The van der Waals surface area contributed by atoms with Crippen LogP contribution < -0.4 is 14.8 Å². The van der Waals surface area contributed by atoms with Crippen LogP contribution in [0.15, 0.2) is 18.2 Å². The van der Waals surface area contributed by atoms with Gasteiger partial charge < -0.3 is 14.8 Å². The van der Waals surface area contributed by atoms with Gasteiger partial charge in [-0.2, -0.15) is 0 Å². The first-order chi connectivity index (χ1) is 9.56. The van der Waals surface area contributed by atoms with Crippen LogP contribution >= 0.6 is 0 Å². The monoisotopic (exact) mass is 277 g/mol. The van der Waals surface area contributed by atoms with Crippen LogP contribution in [0, 0.1) is 5.92 Å². The first-order valence-electron chi connectivity index (χ1n) is 7.72. The van der Waals surface area contributed by atoms with E-state index in [0.29, 0.717) is 18.9 Å². The van der Waals surface area contributed by atoms with Gasteiger partial charge in [-0.25, -0.2) is 0 Å². The van der Waals surface area contributed by atoms with Crippen LogP contribution in [-0.2, 0) is 0 Å². The van der Waals surface area contributed by atoms with Crippen molar-refractivity contribution in [3.63, 3.8) is 0 Å². The van der Waals surface area contributed by atoms with E-state index in [2.05, 4.69) is 45.1 Å². The molecular weight excluding hydrogens is 250 g/mol. The summed E-state index contributed by atoms with van der Waals surface area (Å²) in [4.78, 5) is 0. The van der Waals surface area contributed by atoms with Gasteiger partial charge >= 0.3 is 0 Å². The molecular formula is C17H27NO2. The fraction of sp³-hybridized carbons (Fsp3) is 0.647. The lowest BCUT2D eigenvalue weighted by molar-refractivity contribution is 0.174. The molecule has 1 heterocycles. The van der Waals surface area contributed by atoms with Crippen molar-refractivity contribution >= 4 is 0 Å². The number of rotatable bonds is 7. The van der Waals surface area contributed by atoms with Gasteiger partial charge in [-0.1, -0.05) is 32.8 Å². The van der Waals surface area contributed by atoms with Crippen LogP contribution in [0.5, 0.6) is 11.5 Å². The van der Waals surface area contributed by atoms with E-state index in [4.69, 9.17) is 9.47 Å². The lowest BCUT2D eigenvalue weighted by Crippen LogP contribution is -2.28. The number of hydrogen-bond acceptors (Lipinski definition) is 3. The molecule has 1 aromatic rings. The number of nitrogens with one attached hydrogen (secondary N) is 1. The summed E-state index contributed by atoms with van der Waals surface area (Å²) < 4.78 is 10.8. The molecule has 112 valence electrons. The molecule has 0 bridgehead atoms. The summed E-state index contributed by atoms with van der Waals surface area (Å²) in [7, 11) is 0. The first-order valence-corrected chi connectivity index (χ1v) is 7.72. The molecule has 3 nitrogen and oxygen atoms in total. The van der Waals surface area contributed by atoms with Crippen molar-refractivity contribution in [1.82, 2.24) is 5.32 Å². The Hall–Kier alpha value is -1.22. The third-order valence-corrected chi connectivity index (χ3v) is 3.85. The molecule has 20 heavy (non-hydrogen) atoms. The Bertz CT molecular complexity index is 431. The molecule has 0 aliphatic carbocycles. The minimum absolute atomic E-state index is 0.332. The second kappa shape index (κ2) is 6.98. The Kier molecular flexibility index (Phi) is 5.30. The van der Waals surface area contributed by atoms with Gasteiger partial charge in [0, 0.05) is 12.1 Å². The average Bonchev–Trinajstić information content (AvgIpc) is 2.85. The van der Waals surface area contributed by atoms with Crippen LogP contribution in [-0.4, -0.2) is 12.8 Å². The minimum atomic E-state index is 0.332. The predicted molar refractivity (Wildman–Crippen MR) is 82.3 cm³/mol. The summed E-state index contributed by atoms with van der Waals surface area (Å²) in [6.45, 7) is 9.38. The zero-order valence-electron chi connectivity index (χ0n) is 13.1. The standard InChI is InChI=1S/C17H27NO2/c1-12(2)6-5-7-13(3)18-14(4)15-8-9-16-17(10-15)20-11-19-16/h8-10,12-14,18H,5-7,11H2,1-4H3. The second-order valence-electron chi connectivity index (χ2n) is 6.23. The van der Waals surface area contributed by atoms with Crippen LogP contribution in [0.1, 0.15) is 58.6 Å². The van der Waals surface area contributed by atoms with Crippen LogP contribution in [0.2, 0.25) is 0 Å². The first kappa shape index (κ1) is 15.2. The van der Waals surface area contributed by atoms with Crippen LogP contribution in [0.3, 0.4) is 0 Å². The Balaban J connectivity index is 1.83. The summed E-state index contributed by atoms with van der Waals surface area (Å²) in [5.41, 5.74) is 1.25. The van der Waals surface area contributed by atoms with Crippen molar-refractivity contribution in [3.05, 3.63) is 23.8 Å². The molecule has 0 saturated heterocycles. The third kappa shape index (κ3) is 4.14. The van der Waals surface area contributed by atoms with Crippen LogP contribution in [0.25, 0.3) is 0 Å². The zero-order chi connectivity index (χ0) is 14.5. The predicted octanol–water partition coefficient (Wildman–Crippen LogP) is 4.28. The van der Waals surface area contributed by atoms with Crippen molar-refractivity contribution in [2.45, 2.75) is 59.0 Å². The maximum atomic E-state index is 5.44. The highest BCUT2D eigenvalue weighted by molar-refractivity contribution is 5.45. The molecule has 0 aromatic heterocycles. The van der Waals surface area contributed by atoms with Gasteiger partial charge in [-0.15, -0.1) is 0 Å². The molecule has 2 rings (SSSR count). The van der Waals surface area contributed by atoms with E-state index >= 15 is 0 Å². The Morgan fingerprint density at radius 1 is 1.05 bits per heavy atom. The molecule has 2 unspecified atom stereocenters. The van der Waals surface area contributed by atoms with Crippen molar-refractivity contribution in [2.75, 3.05) is 6.79 Å². The Morgan fingerprint density at radius 3 is 2.55 bits per heavy atom. The van der Waals surface area contributed by atoms with E-state index in [9.17, 15) is 0 Å². The second-order valence-corrected chi connectivity index (χ2v) is 6.23. The van der Waals surface area contributed by atoms with Crippen LogP contribution in [0.4, 0.5) is 0 Å². The molecule has 1 N–H and O–H groups in total. The molecule has 0 saturated carbocycles. The zero-order valence-corrected chi connectivity index (χ0v) is 13.1. The van der Waals surface area contributed by atoms with E-state index in [-0.39, 0.29) is 0 Å². The highest BCUT2D eigenvalue weighted by Gasteiger charge is 2.16. The maximum absolute atomic E-state index is 5.44. The van der Waals surface area contributed by atoms with Crippen molar-refractivity contribution in [3.8, 4) is 11.5 Å². The fourth-order valence-electron chi connectivity index (χ4n) is 2.62. The number of ether oxygens (including phenoxy) is 2. The quantitative estimate of drug-likeness (QED) is 0.807. The van der Waals surface area contributed by atoms with Crippen molar-refractivity contribution in [2.24, 2.45) is 5.92 Å². The Morgan fingerprint density at radius 2 is 1.80 bits per heavy atom. The molecule has 1 aliphatic heterocycles. The van der Waals surface area contributed by atoms with E-state index < -0.39 is 0 Å². The lowest BCUT2D eigenvalue weighted by Gasteiger charge is -2.21. The summed E-state index contributed by atoms with van der Waals surface area (Å²) >= 11 is 0.